The molecule has 6 heteroatoms. The van der Waals surface area contributed by atoms with E-state index in [0.717, 1.165) is 68.6 Å². The van der Waals surface area contributed by atoms with Crippen LogP contribution in [0.1, 0.15) is 52.1 Å². The number of hydrogen-bond acceptors (Lipinski definition) is 4. The van der Waals surface area contributed by atoms with Crippen LogP contribution in [0, 0.1) is 0 Å². The molecule has 2 aromatic rings. The first-order chi connectivity index (χ1) is 12.7. The summed E-state index contributed by atoms with van der Waals surface area (Å²) in [5.41, 5.74) is 5.08. The van der Waals surface area contributed by atoms with Crippen molar-refractivity contribution in [2.24, 2.45) is 0 Å². The van der Waals surface area contributed by atoms with Crippen molar-refractivity contribution in [2.45, 2.75) is 51.3 Å². The average Bonchev–Trinajstić information content (AvgIpc) is 3.27. The summed E-state index contributed by atoms with van der Waals surface area (Å²) in [5.74, 6) is -0.101. The van der Waals surface area contributed by atoms with Crippen LogP contribution in [0.15, 0.2) is 24.3 Å². The van der Waals surface area contributed by atoms with Crippen LogP contribution in [-0.2, 0) is 25.9 Å². The molecule has 138 valence electrons. The first-order valence-electron chi connectivity index (χ1n) is 9.52. The highest BCUT2D eigenvalue weighted by Gasteiger charge is 2.23. The number of hydrogen-bond donors (Lipinski definition) is 3. The van der Waals surface area contributed by atoms with Crippen molar-refractivity contribution < 1.29 is 9.90 Å². The van der Waals surface area contributed by atoms with E-state index < -0.39 is 0 Å². The lowest BCUT2D eigenvalue weighted by molar-refractivity contribution is 0.0944. The molecule has 26 heavy (non-hydrogen) atoms. The Balaban J connectivity index is 1.41. The number of benzene rings is 1. The highest BCUT2D eigenvalue weighted by molar-refractivity contribution is 5.94. The Kier molecular flexibility index (Phi) is 5.04. The normalized spacial score (nSPS) is 20.1. The van der Waals surface area contributed by atoms with Gasteiger partial charge in [0, 0.05) is 37.4 Å². The minimum atomic E-state index is -0.215. The van der Waals surface area contributed by atoms with Crippen molar-refractivity contribution in [2.75, 3.05) is 13.1 Å². The lowest BCUT2D eigenvalue weighted by atomic mass is 9.96. The molecule has 1 aliphatic heterocycles. The Hall–Kier alpha value is -2.18. The monoisotopic (exact) mass is 354 g/mol. The van der Waals surface area contributed by atoms with Crippen molar-refractivity contribution in [3.8, 4) is 0 Å². The molecule has 3 N–H and O–H groups in total. The highest BCUT2D eigenvalue weighted by Crippen LogP contribution is 2.22. The quantitative estimate of drug-likeness (QED) is 0.765. The zero-order valence-electron chi connectivity index (χ0n) is 15.0. The molecular formula is C20H26N4O2. The van der Waals surface area contributed by atoms with E-state index >= 15 is 0 Å². The molecule has 4 rings (SSSR count). The molecule has 1 atom stereocenters. The minimum absolute atomic E-state index is 0.101. The molecule has 2 heterocycles. The Morgan fingerprint density at radius 2 is 2.08 bits per heavy atom. The predicted octanol–water partition coefficient (Wildman–Crippen LogP) is 1.79. The van der Waals surface area contributed by atoms with Crippen LogP contribution in [0.2, 0.25) is 0 Å². The van der Waals surface area contributed by atoms with Gasteiger partial charge < -0.3 is 10.4 Å². The van der Waals surface area contributed by atoms with Gasteiger partial charge in [-0.25, -0.2) is 0 Å². The lowest BCUT2D eigenvalue weighted by Crippen LogP contribution is -2.26. The molecule has 6 nitrogen and oxygen atoms in total. The number of likely N-dealkylation sites (tertiary alicyclic amines) is 1. The van der Waals surface area contributed by atoms with Crippen LogP contribution in [-0.4, -0.2) is 45.3 Å². The number of carbonyl (C=O) groups is 1. The fraction of sp³-hybridized carbons (Fsp3) is 0.500. The van der Waals surface area contributed by atoms with E-state index in [4.69, 9.17) is 0 Å². The SMILES string of the molecule is O=C(NCc1ccccc1CN1CCC(O)C1)c1n[nH]c2c1CCCC2. The second kappa shape index (κ2) is 7.60. The van der Waals surface area contributed by atoms with Gasteiger partial charge >= 0.3 is 0 Å². The molecule has 1 aliphatic carbocycles. The summed E-state index contributed by atoms with van der Waals surface area (Å²) in [4.78, 5) is 14.9. The number of aryl methyl sites for hydroxylation is 1. The summed E-state index contributed by atoms with van der Waals surface area (Å²) in [5, 5.41) is 20.0. The summed E-state index contributed by atoms with van der Waals surface area (Å²) < 4.78 is 0. The topological polar surface area (TPSA) is 81.2 Å². The largest absolute Gasteiger partial charge is 0.392 e. The van der Waals surface area contributed by atoms with E-state index in [9.17, 15) is 9.90 Å². The van der Waals surface area contributed by atoms with Crippen LogP contribution >= 0.6 is 0 Å². The lowest BCUT2D eigenvalue weighted by Gasteiger charge is -2.18. The zero-order chi connectivity index (χ0) is 17.9. The van der Waals surface area contributed by atoms with Gasteiger partial charge in [0.05, 0.1) is 6.10 Å². The Morgan fingerprint density at radius 1 is 1.27 bits per heavy atom. The van der Waals surface area contributed by atoms with Crippen molar-refractivity contribution in [1.82, 2.24) is 20.4 Å². The predicted molar refractivity (Wildman–Crippen MR) is 98.7 cm³/mol. The number of β-amino-alcohol motifs (C(OH)–C–C–N with tert-alkyl or cyclic N) is 1. The van der Waals surface area contributed by atoms with Crippen LogP contribution in [0.5, 0.6) is 0 Å². The Labute approximate surface area is 153 Å². The maximum absolute atomic E-state index is 12.6. The second-order valence-corrected chi connectivity index (χ2v) is 7.37. The minimum Gasteiger partial charge on any atom is -0.392 e. The van der Waals surface area contributed by atoms with Crippen LogP contribution in [0.25, 0.3) is 0 Å². The Morgan fingerprint density at radius 3 is 2.88 bits per heavy atom. The number of rotatable bonds is 5. The van der Waals surface area contributed by atoms with E-state index in [1.54, 1.807) is 0 Å². The van der Waals surface area contributed by atoms with Crippen molar-refractivity contribution >= 4 is 5.91 Å². The van der Waals surface area contributed by atoms with E-state index in [2.05, 4.69) is 32.5 Å². The first kappa shape index (κ1) is 17.2. The van der Waals surface area contributed by atoms with Gasteiger partial charge in [-0.15, -0.1) is 0 Å². The number of amides is 1. The molecule has 1 saturated heterocycles. The molecule has 0 bridgehead atoms. The van der Waals surface area contributed by atoms with Gasteiger partial charge in [0.2, 0.25) is 0 Å². The third-order valence-electron chi connectivity index (χ3n) is 5.47. The standard InChI is InChI=1S/C20H26N4O2/c25-16-9-10-24(13-16)12-15-6-2-1-5-14(15)11-21-20(26)19-17-7-3-4-8-18(17)22-23-19/h1-2,5-6,16,25H,3-4,7-13H2,(H,21,26)(H,22,23). The van der Waals surface area contributed by atoms with Gasteiger partial charge in [0.1, 0.15) is 0 Å². The molecular weight excluding hydrogens is 328 g/mol. The first-order valence-corrected chi connectivity index (χ1v) is 9.52. The van der Waals surface area contributed by atoms with Gasteiger partial charge in [-0.2, -0.15) is 5.10 Å². The zero-order valence-corrected chi connectivity index (χ0v) is 15.0. The number of aliphatic hydroxyl groups excluding tert-OH is 1. The van der Waals surface area contributed by atoms with E-state index in [1.807, 2.05) is 12.1 Å². The summed E-state index contributed by atoms with van der Waals surface area (Å²) in [7, 11) is 0. The number of aliphatic hydroxyl groups is 1. The molecule has 0 saturated carbocycles. The van der Waals surface area contributed by atoms with E-state index in [-0.39, 0.29) is 12.0 Å². The number of fused-ring (bicyclic) bond motifs is 1. The molecule has 1 aromatic carbocycles. The number of H-pyrrole nitrogens is 1. The maximum atomic E-state index is 12.6. The molecule has 0 radical (unpaired) electrons. The van der Waals surface area contributed by atoms with Crippen molar-refractivity contribution in [3.63, 3.8) is 0 Å². The van der Waals surface area contributed by atoms with Gasteiger partial charge in [0.25, 0.3) is 5.91 Å². The smallest absolute Gasteiger partial charge is 0.272 e. The molecule has 0 spiro atoms. The van der Waals surface area contributed by atoms with Gasteiger partial charge in [-0.3, -0.25) is 14.8 Å². The van der Waals surface area contributed by atoms with E-state index in [0.29, 0.717) is 12.2 Å². The average molecular weight is 354 g/mol. The molecule has 1 aromatic heterocycles. The van der Waals surface area contributed by atoms with Crippen molar-refractivity contribution in [3.05, 3.63) is 52.3 Å². The van der Waals surface area contributed by atoms with Crippen LogP contribution in [0.4, 0.5) is 0 Å². The number of aromatic nitrogens is 2. The van der Waals surface area contributed by atoms with Crippen LogP contribution < -0.4 is 5.32 Å². The van der Waals surface area contributed by atoms with Gasteiger partial charge in [-0.1, -0.05) is 24.3 Å². The summed E-state index contributed by atoms with van der Waals surface area (Å²) in [6, 6.07) is 8.18. The van der Waals surface area contributed by atoms with E-state index in [1.165, 1.54) is 5.56 Å². The van der Waals surface area contributed by atoms with Gasteiger partial charge in [-0.05, 0) is 43.2 Å². The summed E-state index contributed by atoms with van der Waals surface area (Å²) >= 11 is 0. The van der Waals surface area contributed by atoms with Gasteiger partial charge in [0.15, 0.2) is 5.69 Å². The molecule has 1 amide bonds. The highest BCUT2D eigenvalue weighted by atomic mass is 16.3. The third kappa shape index (κ3) is 3.66. The number of nitrogens with one attached hydrogen (secondary N) is 2. The fourth-order valence-corrected chi connectivity index (χ4v) is 4.01. The summed E-state index contributed by atoms with van der Waals surface area (Å²) in [6.07, 6.45) is 4.82. The summed E-state index contributed by atoms with van der Waals surface area (Å²) in [6.45, 7) is 2.94. The Bertz CT molecular complexity index is 786. The second-order valence-electron chi connectivity index (χ2n) is 7.37. The number of nitrogens with zero attached hydrogens (tertiary/aromatic N) is 2. The fourth-order valence-electron chi connectivity index (χ4n) is 4.01. The maximum Gasteiger partial charge on any atom is 0.272 e. The molecule has 1 fully saturated rings. The van der Waals surface area contributed by atoms with Crippen LogP contribution in [0.3, 0.4) is 0 Å². The third-order valence-corrected chi connectivity index (χ3v) is 5.47. The molecule has 2 aliphatic rings. The van der Waals surface area contributed by atoms with Crippen molar-refractivity contribution in [1.29, 1.82) is 0 Å². The number of carbonyl (C=O) groups excluding carboxylic acids is 1. The molecule has 1 unspecified atom stereocenters. The number of aromatic amines is 1.